The second kappa shape index (κ2) is 7.97. The molecule has 1 heterocycles. The summed E-state index contributed by atoms with van der Waals surface area (Å²) in [7, 11) is 0. The Morgan fingerprint density at radius 2 is 1.77 bits per heavy atom. The van der Waals surface area contributed by atoms with Crippen molar-refractivity contribution in [3.05, 3.63) is 35.4 Å². The highest BCUT2D eigenvalue weighted by Gasteiger charge is 2.31. The molecule has 26 heavy (non-hydrogen) atoms. The summed E-state index contributed by atoms with van der Waals surface area (Å²) in [5.74, 6) is 0. The van der Waals surface area contributed by atoms with Crippen LogP contribution in [0.15, 0.2) is 24.3 Å². The molecule has 1 atom stereocenters. The van der Waals surface area contributed by atoms with Gasteiger partial charge in [-0.2, -0.15) is 0 Å². The minimum Gasteiger partial charge on any atom is -0.444 e. The molecule has 1 aromatic carbocycles. The van der Waals surface area contributed by atoms with Crippen LogP contribution in [-0.2, 0) is 11.3 Å². The second-order valence-corrected chi connectivity index (χ2v) is 8.65. The highest BCUT2D eigenvalue weighted by molar-refractivity contribution is 5.68. The molecule has 1 aromatic rings. The molecule has 0 radical (unpaired) electrons. The van der Waals surface area contributed by atoms with Crippen molar-refractivity contribution in [2.75, 3.05) is 26.2 Å². The maximum Gasteiger partial charge on any atom is 0.408 e. The van der Waals surface area contributed by atoms with Gasteiger partial charge in [0.15, 0.2) is 0 Å². The average Bonchev–Trinajstić information content (AvgIpc) is 3.39. The van der Waals surface area contributed by atoms with Crippen LogP contribution in [-0.4, -0.2) is 53.7 Å². The van der Waals surface area contributed by atoms with Gasteiger partial charge in [-0.25, -0.2) is 4.79 Å². The molecule has 2 aliphatic rings. The molecule has 1 saturated heterocycles. The average molecular weight is 360 g/mol. The molecule has 5 heteroatoms. The summed E-state index contributed by atoms with van der Waals surface area (Å²) in [5, 5.41) is 2.90. The molecule has 1 aliphatic carbocycles. The topological polar surface area (TPSA) is 44.8 Å². The van der Waals surface area contributed by atoms with Gasteiger partial charge in [0, 0.05) is 38.8 Å². The van der Waals surface area contributed by atoms with Crippen molar-refractivity contribution in [1.29, 1.82) is 0 Å². The number of hydrogen-bond acceptors (Lipinski definition) is 4. The fourth-order valence-electron chi connectivity index (χ4n) is 3.46. The predicted octanol–water partition coefficient (Wildman–Crippen LogP) is 3.55. The van der Waals surface area contributed by atoms with Crippen LogP contribution in [0.5, 0.6) is 0 Å². The minimum atomic E-state index is -0.475. The molecule has 1 aliphatic heterocycles. The van der Waals surface area contributed by atoms with Gasteiger partial charge in [0.1, 0.15) is 5.60 Å². The normalized spacial score (nSPS) is 20.6. The zero-order chi connectivity index (χ0) is 18.7. The number of carbonyl (C=O) groups is 1. The van der Waals surface area contributed by atoms with E-state index in [2.05, 4.69) is 39.4 Å². The smallest absolute Gasteiger partial charge is 0.408 e. The number of rotatable bonds is 5. The van der Waals surface area contributed by atoms with E-state index in [4.69, 9.17) is 4.74 Å². The van der Waals surface area contributed by atoms with E-state index in [1.807, 2.05) is 27.7 Å². The zero-order valence-corrected chi connectivity index (χ0v) is 16.6. The summed E-state index contributed by atoms with van der Waals surface area (Å²) in [6.45, 7) is 13.3. The van der Waals surface area contributed by atoms with Crippen LogP contribution in [0.25, 0.3) is 0 Å². The van der Waals surface area contributed by atoms with Gasteiger partial charge in [-0.3, -0.25) is 9.80 Å². The van der Waals surface area contributed by atoms with E-state index in [0.717, 1.165) is 31.2 Å². The monoisotopic (exact) mass is 359 g/mol. The van der Waals surface area contributed by atoms with Crippen molar-refractivity contribution in [1.82, 2.24) is 15.1 Å². The first-order valence-electron chi connectivity index (χ1n) is 9.85. The van der Waals surface area contributed by atoms with E-state index < -0.39 is 5.60 Å². The van der Waals surface area contributed by atoms with E-state index in [9.17, 15) is 4.79 Å². The lowest BCUT2D eigenvalue weighted by Gasteiger charge is -2.34. The number of alkyl carbamates (subject to hydrolysis) is 1. The Bertz CT molecular complexity index is 597. The van der Waals surface area contributed by atoms with Gasteiger partial charge < -0.3 is 10.1 Å². The summed E-state index contributed by atoms with van der Waals surface area (Å²) in [6.07, 6.45) is 2.43. The molecular weight excluding hydrogens is 326 g/mol. The third-order valence-corrected chi connectivity index (χ3v) is 5.09. The minimum absolute atomic E-state index is 0.0685. The Morgan fingerprint density at radius 1 is 1.15 bits per heavy atom. The number of ether oxygens (including phenoxy) is 1. The number of amides is 1. The summed E-state index contributed by atoms with van der Waals surface area (Å²) in [4.78, 5) is 17.1. The van der Waals surface area contributed by atoms with Gasteiger partial charge in [0.2, 0.25) is 0 Å². The van der Waals surface area contributed by atoms with Gasteiger partial charge in [0.25, 0.3) is 0 Å². The number of carbonyl (C=O) groups excluding carboxylic acids is 1. The van der Waals surface area contributed by atoms with Gasteiger partial charge in [-0.15, -0.1) is 0 Å². The lowest BCUT2D eigenvalue weighted by atomic mass is 10.1. The first kappa shape index (κ1) is 19.2. The number of piperazine rings is 1. The fourth-order valence-corrected chi connectivity index (χ4v) is 3.46. The SMILES string of the molecule is CC(NC(=O)OC(C)(C)C)c1ccc(CN2CCN(C3CC3)CC2)cc1. The third-order valence-electron chi connectivity index (χ3n) is 5.09. The Hall–Kier alpha value is -1.59. The van der Waals surface area contributed by atoms with Crippen LogP contribution in [0.1, 0.15) is 57.7 Å². The number of benzene rings is 1. The van der Waals surface area contributed by atoms with E-state index in [1.54, 1.807) is 0 Å². The Morgan fingerprint density at radius 3 is 2.31 bits per heavy atom. The molecule has 0 spiro atoms. The number of hydrogen-bond donors (Lipinski definition) is 1. The largest absolute Gasteiger partial charge is 0.444 e. The predicted molar refractivity (Wildman–Crippen MR) is 104 cm³/mol. The molecule has 1 amide bonds. The molecular formula is C21H33N3O2. The summed E-state index contributed by atoms with van der Waals surface area (Å²) < 4.78 is 5.32. The van der Waals surface area contributed by atoms with Crippen molar-refractivity contribution < 1.29 is 9.53 Å². The standard InChI is InChI=1S/C21H33N3O2/c1-16(22-20(25)26-21(2,3)4)18-7-5-17(6-8-18)15-23-11-13-24(14-12-23)19-9-10-19/h5-8,16,19H,9-15H2,1-4H3,(H,22,25). The summed E-state index contributed by atoms with van der Waals surface area (Å²) in [6, 6.07) is 9.39. The molecule has 5 nitrogen and oxygen atoms in total. The highest BCUT2D eigenvalue weighted by atomic mass is 16.6. The second-order valence-electron chi connectivity index (χ2n) is 8.65. The summed E-state index contributed by atoms with van der Waals surface area (Å²) in [5.41, 5.74) is 1.95. The van der Waals surface area contributed by atoms with E-state index in [-0.39, 0.29) is 12.1 Å². The first-order chi connectivity index (χ1) is 12.3. The molecule has 1 unspecified atom stereocenters. The molecule has 1 N–H and O–H groups in total. The Kier molecular flexibility index (Phi) is 5.88. The van der Waals surface area contributed by atoms with Crippen LogP contribution in [0, 0.1) is 0 Å². The van der Waals surface area contributed by atoms with Crippen LogP contribution in [0.4, 0.5) is 4.79 Å². The molecule has 0 bridgehead atoms. The quantitative estimate of drug-likeness (QED) is 0.873. The molecule has 1 saturated carbocycles. The third kappa shape index (κ3) is 5.71. The Balaban J connectivity index is 1.46. The van der Waals surface area contributed by atoms with Gasteiger partial charge >= 0.3 is 6.09 Å². The van der Waals surface area contributed by atoms with Crippen LogP contribution in [0.2, 0.25) is 0 Å². The van der Waals surface area contributed by atoms with Crippen molar-refractivity contribution in [2.24, 2.45) is 0 Å². The van der Waals surface area contributed by atoms with Crippen LogP contribution >= 0.6 is 0 Å². The molecule has 0 aromatic heterocycles. The zero-order valence-electron chi connectivity index (χ0n) is 16.6. The molecule has 3 rings (SSSR count). The van der Waals surface area contributed by atoms with Gasteiger partial charge in [0.05, 0.1) is 6.04 Å². The van der Waals surface area contributed by atoms with Gasteiger partial charge in [-0.1, -0.05) is 24.3 Å². The maximum absolute atomic E-state index is 11.9. The lowest BCUT2D eigenvalue weighted by Crippen LogP contribution is -2.46. The van der Waals surface area contributed by atoms with Crippen molar-refractivity contribution >= 4 is 6.09 Å². The highest BCUT2D eigenvalue weighted by Crippen LogP contribution is 2.27. The first-order valence-corrected chi connectivity index (χ1v) is 9.85. The van der Waals surface area contributed by atoms with E-state index >= 15 is 0 Å². The van der Waals surface area contributed by atoms with Crippen LogP contribution < -0.4 is 5.32 Å². The fraction of sp³-hybridized carbons (Fsp3) is 0.667. The number of nitrogens with one attached hydrogen (secondary N) is 1. The maximum atomic E-state index is 11.9. The molecule has 2 fully saturated rings. The van der Waals surface area contributed by atoms with E-state index in [0.29, 0.717) is 0 Å². The lowest BCUT2D eigenvalue weighted by molar-refractivity contribution is 0.0508. The Labute approximate surface area is 157 Å². The van der Waals surface area contributed by atoms with Crippen molar-refractivity contribution in [3.63, 3.8) is 0 Å². The van der Waals surface area contributed by atoms with Crippen molar-refractivity contribution in [2.45, 2.75) is 64.8 Å². The summed E-state index contributed by atoms with van der Waals surface area (Å²) >= 11 is 0. The van der Waals surface area contributed by atoms with E-state index in [1.165, 1.54) is 31.5 Å². The molecule has 144 valence electrons. The van der Waals surface area contributed by atoms with Gasteiger partial charge in [-0.05, 0) is 51.7 Å². The van der Waals surface area contributed by atoms with Crippen LogP contribution in [0.3, 0.4) is 0 Å². The number of nitrogens with zero attached hydrogens (tertiary/aromatic N) is 2. The van der Waals surface area contributed by atoms with Crippen molar-refractivity contribution in [3.8, 4) is 0 Å².